The fraction of sp³-hybridized carbons (Fsp3) is 1.00. The van der Waals surface area contributed by atoms with Crippen molar-refractivity contribution >= 4 is 0 Å². The largest absolute Gasteiger partial charge is 0.316 e. The first-order valence-corrected chi connectivity index (χ1v) is 5.32. The van der Waals surface area contributed by atoms with Crippen molar-refractivity contribution in [1.82, 2.24) is 10.6 Å². The molecule has 0 aromatic heterocycles. The fourth-order valence-corrected chi connectivity index (χ4v) is 3.29. The third kappa shape index (κ3) is 0.947. The zero-order chi connectivity index (χ0) is 9.05. The normalized spacial score (nSPS) is 48.0. The highest BCUT2D eigenvalue weighted by molar-refractivity contribution is 5.12. The van der Waals surface area contributed by atoms with Crippen LogP contribution in [0.1, 0.15) is 13.3 Å². The van der Waals surface area contributed by atoms with Crippen molar-refractivity contribution < 1.29 is 4.39 Å². The molecule has 4 rings (SSSR count). The van der Waals surface area contributed by atoms with Gasteiger partial charge in [-0.2, -0.15) is 0 Å². The average molecular weight is 184 g/mol. The van der Waals surface area contributed by atoms with Crippen molar-refractivity contribution in [1.29, 1.82) is 0 Å². The Morgan fingerprint density at radius 3 is 2.46 bits per heavy atom. The fourth-order valence-electron chi connectivity index (χ4n) is 3.29. The van der Waals surface area contributed by atoms with Crippen LogP contribution in [0.5, 0.6) is 0 Å². The Labute approximate surface area is 78.3 Å². The van der Waals surface area contributed by atoms with E-state index in [-0.39, 0.29) is 5.92 Å². The van der Waals surface area contributed by atoms with Gasteiger partial charge in [-0.25, -0.2) is 4.39 Å². The van der Waals surface area contributed by atoms with E-state index in [2.05, 4.69) is 10.6 Å². The number of nitrogens with one attached hydrogen (secondary N) is 2. The Balaban J connectivity index is 1.75. The molecule has 2 bridgehead atoms. The monoisotopic (exact) mass is 184 g/mol. The van der Waals surface area contributed by atoms with E-state index >= 15 is 0 Å². The van der Waals surface area contributed by atoms with Crippen molar-refractivity contribution in [2.75, 3.05) is 19.6 Å². The summed E-state index contributed by atoms with van der Waals surface area (Å²) in [6, 6.07) is 0.487. The molecule has 4 atom stereocenters. The van der Waals surface area contributed by atoms with Gasteiger partial charge in [0.25, 0.3) is 0 Å². The minimum Gasteiger partial charge on any atom is -0.316 e. The van der Waals surface area contributed by atoms with Crippen molar-refractivity contribution in [3.63, 3.8) is 0 Å². The first kappa shape index (κ1) is 8.18. The summed E-state index contributed by atoms with van der Waals surface area (Å²) in [5.74, 6) is 1.20. The van der Waals surface area contributed by atoms with Crippen LogP contribution in [0, 0.1) is 17.8 Å². The zero-order valence-corrected chi connectivity index (χ0v) is 8.02. The van der Waals surface area contributed by atoms with Gasteiger partial charge in [-0.15, -0.1) is 0 Å². The lowest BCUT2D eigenvalue weighted by Gasteiger charge is -2.49. The Kier molecular flexibility index (Phi) is 1.54. The minimum atomic E-state index is -0.928. The molecule has 0 amide bonds. The summed E-state index contributed by atoms with van der Waals surface area (Å²) in [5.41, 5.74) is -0.928. The standard InChI is InChI=1S/C10H17FN2/c1-10(11,7-4-12-5-7)9-6-2-8(9)13-3-6/h6-9,12-13H,2-5H2,1H3. The summed E-state index contributed by atoms with van der Waals surface area (Å²) in [7, 11) is 0. The maximum absolute atomic E-state index is 14.4. The van der Waals surface area contributed by atoms with E-state index < -0.39 is 5.67 Å². The van der Waals surface area contributed by atoms with Gasteiger partial charge in [0.05, 0.1) is 0 Å². The quantitative estimate of drug-likeness (QED) is 0.654. The summed E-state index contributed by atoms with van der Waals surface area (Å²) >= 11 is 0. The van der Waals surface area contributed by atoms with Crippen molar-refractivity contribution in [2.24, 2.45) is 17.8 Å². The molecule has 3 aliphatic heterocycles. The zero-order valence-electron chi connectivity index (χ0n) is 8.02. The van der Waals surface area contributed by atoms with Crippen LogP contribution in [0.15, 0.2) is 0 Å². The first-order valence-electron chi connectivity index (χ1n) is 5.32. The third-order valence-electron chi connectivity index (χ3n) is 4.37. The van der Waals surface area contributed by atoms with Crippen LogP contribution in [0.3, 0.4) is 0 Å². The molecule has 3 heteroatoms. The van der Waals surface area contributed by atoms with Gasteiger partial charge in [-0.3, -0.25) is 0 Å². The number of fused-ring (bicyclic) bond motifs is 1. The van der Waals surface area contributed by atoms with E-state index in [1.807, 2.05) is 6.92 Å². The van der Waals surface area contributed by atoms with Crippen LogP contribution < -0.4 is 10.6 Å². The summed E-state index contributed by atoms with van der Waals surface area (Å²) in [6.07, 6.45) is 1.21. The molecule has 3 heterocycles. The van der Waals surface area contributed by atoms with Gasteiger partial charge in [-0.05, 0) is 25.8 Å². The van der Waals surface area contributed by atoms with Gasteiger partial charge in [0.1, 0.15) is 5.67 Å². The summed E-state index contributed by atoms with van der Waals surface area (Å²) in [5, 5.41) is 6.55. The molecule has 0 aromatic carbocycles. The molecule has 13 heavy (non-hydrogen) atoms. The van der Waals surface area contributed by atoms with Crippen molar-refractivity contribution in [2.45, 2.75) is 25.1 Å². The maximum atomic E-state index is 14.4. The van der Waals surface area contributed by atoms with Crippen LogP contribution in [0.2, 0.25) is 0 Å². The Morgan fingerprint density at radius 2 is 2.08 bits per heavy atom. The van der Waals surface area contributed by atoms with Gasteiger partial charge in [0, 0.05) is 31.0 Å². The Bertz CT molecular complexity index is 211. The topological polar surface area (TPSA) is 24.1 Å². The predicted octanol–water partition coefficient (Wildman–Crippen LogP) is 0.542. The summed E-state index contributed by atoms with van der Waals surface area (Å²) in [4.78, 5) is 0. The van der Waals surface area contributed by atoms with Crippen LogP contribution in [0.4, 0.5) is 4.39 Å². The lowest BCUT2D eigenvalue weighted by molar-refractivity contribution is -0.0503. The smallest absolute Gasteiger partial charge is 0.118 e. The second-order valence-corrected chi connectivity index (χ2v) is 5.04. The molecule has 1 saturated carbocycles. The molecule has 74 valence electrons. The van der Waals surface area contributed by atoms with E-state index in [4.69, 9.17) is 0 Å². The lowest BCUT2D eigenvalue weighted by Crippen LogP contribution is -2.61. The van der Waals surface area contributed by atoms with Gasteiger partial charge in [-0.1, -0.05) is 0 Å². The minimum absolute atomic E-state index is 0.266. The molecule has 0 spiro atoms. The van der Waals surface area contributed by atoms with Crippen molar-refractivity contribution in [3.8, 4) is 0 Å². The second kappa shape index (κ2) is 2.45. The molecular weight excluding hydrogens is 167 g/mol. The van der Waals surface area contributed by atoms with Crippen LogP contribution >= 0.6 is 0 Å². The molecule has 3 saturated heterocycles. The highest BCUT2D eigenvalue weighted by Crippen LogP contribution is 2.51. The van der Waals surface area contributed by atoms with E-state index in [0.29, 0.717) is 17.9 Å². The number of rotatable bonds is 2. The van der Waals surface area contributed by atoms with E-state index in [0.717, 1.165) is 19.6 Å². The summed E-state index contributed by atoms with van der Waals surface area (Å²) in [6.45, 7) is 4.62. The van der Waals surface area contributed by atoms with Crippen LogP contribution in [-0.2, 0) is 0 Å². The third-order valence-corrected chi connectivity index (χ3v) is 4.37. The molecular formula is C10H17FN2. The summed E-state index contributed by atoms with van der Waals surface area (Å²) < 4.78 is 14.4. The molecule has 0 aromatic rings. The Hall–Kier alpha value is -0.150. The van der Waals surface area contributed by atoms with E-state index in [1.54, 1.807) is 0 Å². The molecule has 1 aliphatic carbocycles. The molecule has 2 nitrogen and oxygen atoms in total. The van der Waals surface area contributed by atoms with E-state index in [9.17, 15) is 4.39 Å². The Morgan fingerprint density at radius 1 is 1.31 bits per heavy atom. The first-order chi connectivity index (χ1) is 6.19. The second-order valence-electron chi connectivity index (χ2n) is 5.04. The predicted molar refractivity (Wildman–Crippen MR) is 49.3 cm³/mol. The lowest BCUT2D eigenvalue weighted by atomic mass is 9.61. The molecule has 4 unspecified atom stereocenters. The van der Waals surface area contributed by atoms with E-state index in [1.165, 1.54) is 6.42 Å². The SMILES string of the molecule is CC(F)(C1CNC1)C1C2CNC1C2. The van der Waals surface area contributed by atoms with Gasteiger partial charge < -0.3 is 10.6 Å². The molecule has 2 N–H and O–H groups in total. The van der Waals surface area contributed by atoms with Crippen LogP contribution in [0.25, 0.3) is 0 Å². The average Bonchev–Trinajstić information content (AvgIpc) is 2.33. The number of hydrogen-bond acceptors (Lipinski definition) is 2. The van der Waals surface area contributed by atoms with Gasteiger partial charge in [0.2, 0.25) is 0 Å². The van der Waals surface area contributed by atoms with Crippen LogP contribution in [-0.4, -0.2) is 31.3 Å². The van der Waals surface area contributed by atoms with Gasteiger partial charge >= 0.3 is 0 Å². The van der Waals surface area contributed by atoms with Gasteiger partial charge in [0.15, 0.2) is 0 Å². The molecule has 0 radical (unpaired) electrons. The highest BCUT2D eigenvalue weighted by Gasteiger charge is 2.59. The highest BCUT2D eigenvalue weighted by atomic mass is 19.1. The maximum Gasteiger partial charge on any atom is 0.118 e. The number of alkyl halides is 1. The molecule has 4 aliphatic rings. The van der Waals surface area contributed by atoms with Crippen molar-refractivity contribution in [3.05, 3.63) is 0 Å². The number of hydrogen-bond donors (Lipinski definition) is 2. The molecule has 4 fully saturated rings. The number of halogens is 1.